The van der Waals surface area contributed by atoms with Crippen molar-refractivity contribution in [1.29, 1.82) is 0 Å². The van der Waals surface area contributed by atoms with Crippen LogP contribution < -0.4 is 0 Å². The van der Waals surface area contributed by atoms with Gasteiger partial charge in [-0.2, -0.15) is 0 Å². The first-order valence-corrected chi connectivity index (χ1v) is 5.35. The number of hydrogen-bond acceptors (Lipinski definition) is 3. The summed E-state index contributed by atoms with van der Waals surface area (Å²) in [7, 11) is 0. The van der Waals surface area contributed by atoms with Crippen molar-refractivity contribution < 1.29 is 14.9 Å². The average molecular weight is 231 g/mol. The minimum atomic E-state index is -1.20. The highest BCUT2D eigenvalue weighted by Gasteiger charge is 2.14. The van der Waals surface area contributed by atoms with Crippen LogP contribution in [0, 0.1) is 0 Å². The smallest absolute Gasteiger partial charge is 0.181 e. The van der Waals surface area contributed by atoms with Crippen molar-refractivity contribution in [3.05, 3.63) is 35.9 Å². The summed E-state index contributed by atoms with van der Waals surface area (Å²) < 4.78 is 5.02. The lowest BCUT2D eigenvalue weighted by molar-refractivity contribution is -0.154. The number of rotatable bonds is 6. The summed E-state index contributed by atoms with van der Waals surface area (Å²) >= 11 is 5.35. The van der Waals surface area contributed by atoms with Crippen molar-refractivity contribution in [1.82, 2.24) is 0 Å². The fourth-order valence-electron chi connectivity index (χ4n) is 1.13. The van der Waals surface area contributed by atoms with Gasteiger partial charge in [0.15, 0.2) is 6.29 Å². The maximum atomic E-state index is 9.24. The van der Waals surface area contributed by atoms with Gasteiger partial charge in [0.1, 0.15) is 6.10 Å². The van der Waals surface area contributed by atoms with Crippen LogP contribution in [-0.4, -0.2) is 35.1 Å². The van der Waals surface area contributed by atoms with Crippen molar-refractivity contribution in [3.8, 4) is 0 Å². The zero-order valence-electron chi connectivity index (χ0n) is 8.34. The maximum absolute atomic E-state index is 9.24. The SMILES string of the molecule is OC(CCl)C(O)OCCc1ccccc1. The minimum Gasteiger partial charge on any atom is -0.387 e. The highest BCUT2D eigenvalue weighted by atomic mass is 35.5. The second kappa shape index (κ2) is 6.80. The standard InChI is InChI=1S/C11H15ClO3/c12-8-10(13)11(14)15-7-6-9-4-2-1-3-5-9/h1-5,10-11,13-14H,6-8H2. The molecule has 0 bridgehead atoms. The Morgan fingerprint density at radius 2 is 1.87 bits per heavy atom. The Bertz CT molecular complexity index is 266. The second-order valence-corrected chi connectivity index (χ2v) is 3.53. The van der Waals surface area contributed by atoms with E-state index in [1.54, 1.807) is 0 Å². The summed E-state index contributed by atoms with van der Waals surface area (Å²) in [5.74, 6) is -0.0352. The average Bonchev–Trinajstić information content (AvgIpc) is 2.29. The number of benzene rings is 1. The van der Waals surface area contributed by atoms with Gasteiger partial charge in [-0.1, -0.05) is 30.3 Å². The van der Waals surface area contributed by atoms with E-state index in [9.17, 15) is 5.11 Å². The lowest BCUT2D eigenvalue weighted by atomic mass is 10.2. The van der Waals surface area contributed by atoms with Gasteiger partial charge in [-0.05, 0) is 12.0 Å². The molecule has 84 valence electrons. The summed E-state index contributed by atoms with van der Waals surface area (Å²) in [5, 5.41) is 18.4. The molecule has 0 saturated carbocycles. The van der Waals surface area contributed by atoms with Crippen molar-refractivity contribution in [2.24, 2.45) is 0 Å². The van der Waals surface area contributed by atoms with E-state index in [2.05, 4.69) is 0 Å². The highest BCUT2D eigenvalue weighted by molar-refractivity contribution is 6.18. The molecule has 0 radical (unpaired) electrons. The quantitative estimate of drug-likeness (QED) is 0.570. The zero-order chi connectivity index (χ0) is 11.1. The summed E-state index contributed by atoms with van der Waals surface area (Å²) in [6.45, 7) is 0.360. The third kappa shape index (κ3) is 4.62. The van der Waals surface area contributed by atoms with E-state index in [1.165, 1.54) is 0 Å². The largest absolute Gasteiger partial charge is 0.387 e. The zero-order valence-corrected chi connectivity index (χ0v) is 9.10. The summed E-state index contributed by atoms with van der Waals surface area (Å²) in [5.41, 5.74) is 1.13. The third-order valence-corrected chi connectivity index (χ3v) is 2.33. The summed E-state index contributed by atoms with van der Waals surface area (Å²) in [6.07, 6.45) is -1.53. The molecule has 2 N–H and O–H groups in total. The Morgan fingerprint density at radius 3 is 2.47 bits per heavy atom. The Balaban J connectivity index is 2.22. The number of aliphatic hydroxyl groups is 2. The van der Waals surface area contributed by atoms with Crippen LogP contribution in [-0.2, 0) is 11.2 Å². The van der Waals surface area contributed by atoms with Crippen LogP contribution in [0.5, 0.6) is 0 Å². The molecule has 3 nitrogen and oxygen atoms in total. The van der Waals surface area contributed by atoms with Crippen molar-refractivity contribution in [3.63, 3.8) is 0 Å². The monoisotopic (exact) mass is 230 g/mol. The molecule has 0 saturated heterocycles. The molecule has 0 spiro atoms. The molecular formula is C11H15ClO3. The van der Waals surface area contributed by atoms with Gasteiger partial charge < -0.3 is 14.9 Å². The van der Waals surface area contributed by atoms with Gasteiger partial charge in [-0.25, -0.2) is 0 Å². The summed E-state index contributed by atoms with van der Waals surface area (Å²) in [6, 6.07) is 9.79. The van der Waals surface area contributed by atoms with Gasteiger partial charge in [0.05, 0.1) is 12.5 Å². The predicted molar refractivity (Wildman–Crippen MR) is 58.8 cm³/mol. The van der Waals surface area contributed by atoms with Crippen LogP contribution in [0.1, 0.15) is 5.56 Å². The van der Waals surface area contributed by atoms with Crippen LogP contribution in [0.3, 0.4) is 0 Å². The normalized spacial score (nSPS) is 14.9. The molecule has 2 atom stereocenters. The van der Waals surface area contributed by atoms with Crippen molar-refractivity contribution in [2.45, 2.75) is 18.8 Å². The highest BCUT2D eigenvalue weighted by Crippen LogP contribution is 2.03. The number of ether oxygens (including phenoxy) is 1. The number of halogens is 1. The first-order valence-electron chi connectivity index (χ1n) is 4.81. The van der Waals surface area contributed by atoms with Gasteiger partial charge in [-0.3, -0.25) is 0 Å². The van der Waals surface area contributed by atoms with E-state index < -0.39 is 12.4 Å². The van der Waals surface area contributed by atoms with E-state index in [-0.39, 0.29) is 5.88 Å². The van der Waals surface area contributed by atoms with Gasteiger partial charge in [-0.15, -0.1) is 11.6 Å². The lowest BCUT2D eigenvalue weighted by Crippen LogP contribution is -2.30. The van der Waals surface area contributed by atoms with Crippen LogP contribution in [0.25, 0.3) is 0 Å². The van der Waals surface area contributed by atoms with E-state index >= 15 is 0 Å². The molecule has 4 heteroatoms. The third-order valence-electron chi connectivity index (χ3n) is 2.01. The summed E-state index contributed by atoms with van der Waals surface area (Å²) in [4.78, 5) is 0. The molecule has 0 aliphatic carbocycles. The maximum Gasteiger partial charge on any atom is 0.181 e. The Morgan fingerprint density at radius 1 is 1.20 bits per heavy atom. The van der Waals surface area contributed by atoms with Gasteiger partial charge in [0.2, 0.25) is 0 Å². The van der Waals surface area contributed by atoms with Gasteiger partial charge >= 0.3 is 0 Å². The molecule has 0 aliphatic heterocycles. The van der Waals surface area contributed by atoms with Crippen molar-refractivity contribution in [2.75, 3.05) is 12.5 Å². The molecule has 0 amide bonds. The first-order chi connectivity index (χ1) is 7.24. The van der Waals surface area contributed by atoms with E-state index in [1.807, 2.05) is 30.3 Å². The fourth-order valence-corrected chi connectivity index (χ4v) is 1.28. The fraction of sp³-hybridized carbons (Fsp3) is 0.455. The van der Waals surface area contributed by atoms with Crippen LogP contribution >= 0.6 is 11.6 Å². The van der Waals surface area contributed by atoms with Crippen molar-refractivity contribution >= 4 is 11.6 Å². The molecule has 0 aromatic heterocycles. The lowest BCUT2D eigenvalue weighted by Gasteiger charge is -2.15. The second-order valence-electron chi connectivity index (χ2n) is 3.22. The Hall–Kier alpha value is -0.610. The van der Waals surface area contributed by atoms with Crippen LogP contribution in [0.15, 0.2) is 30.3 Å². The molecule has 0 fully saturated rings. The molecule has 0 aliphatic rings. The van der Waals surface area contributed by atoms with Gasteiger partial charge in [0.25, 0.3) is 0 Å². The molecule has 15 heavy (non-hydrogen) atoms. The molecule has 1 rings (SSSR count). The molecular weight excluding hydrogens is 216 g/mol. The van der Waals surface area contributed by atoms with Crippen LogP contribution in [0.2, 0.25) is 0 Å². The number of aliphatic hydroxyl groups excluding tert-OH is 2. The molecule has 2 unspecified atom stereocenters. The Labute approximate surface area is 94.3 Å². The molecule has 1 aromatic carbocycles. The predicted octanol–water partition coefficient (Wildman–Crippen LogP) is 1.16. The number of alkyl halides is 1. The van der Waals surface area contributed by atoms with E-state index in [0.29, 0.717) is 13.0 Å². The van der Waals surface area contributed by atoms with Crippen LogP contribution in [0.4, 0.5) is 0 Å². The molecule has 1 aromatic rings. The van der Waals surface area contributed by atoms with Gasteiger partial charge in [0, 0.05) is 0 Å². The minimum absolute atomic E-state index is 0.0352. The Kier molecular flexibility index (Phi) is 5.65. The topological polar surface area (TPSA) is 49.7 Å². The molecule has 0 heterocycles. The van der Waals surface area contributed by atoms with E-state index in [4.69, 9.17) is 21.4 Å². The van der Waals surface area contributed by atoms with E-state index in [0.717, 1.165) is 5.56 Å². The number of hydrogen-bond donors (Lipinski definition) is 2. The first kappa shape index (κ1) is 12.5.